The van der Waals surface area contributed by atoms with Gasteiger partial charge in [-0.15, -0.1) is 0 Å². The average molecular weight is 383 g/mol. The molecule has 1 unspecified atom stereocenters. The first-order chi connectivity index (χ1) is 12.3. The number of benzene rings is 1. The summed E-state index contributed by atoms with van der Waals surface area (Å²) in [6, 6.07) is 9.94. The van der Waals surface area contributed by atoms with Crippen LogP contribution in [0.3, 0.4) is 0 Å². The topological polar surface area (TPSA) is 66.9 Å². The second-order valence-corrected chi connectivity index (χ2v) is 9.14. The van der Waals surface area contributed by atoms with Gasteiger partial charge in [0.1, 0.15) is 0 Å². The molecule has 7 heteroatoms. The third-order valence-electron chi connectivity index (χ3n) is 4.77. The molecule has 146 valence electrons. The Labute approximate surface area is 157 Å². The van der Waals surface area contributed by atoms with Crippen molar-refractivity contribution in [3.8, 4) is 0 Å². The van der Waals surface area contributed by atoms with Gasteiger partial charge in [-0.2, -0.15) is 0 Å². The van der Waals surface area contributed by atoms with Crippen LogP contribution in [0.4, 0.5) is 0 Å². The second-order valence-electron chi connectivity index (χ2n) is 7.05. The Morgan fingerprint density at radius 2 is 2.00 bits per heavy atom. The number of rotatable bonds is 8. The van der Waals surface area contributed by atoms with E-state index in [-0.39, 0.29) is 36.8 Å². The highest BCUT2D eigenvalue weighted by molar-refractivity contribution is 7.89. The highest BCUT2D eigenvalue weighted by atomic mass is 32.2. The van der Waals surface area contributed by atoms with E-state index in [0.29, 0.717) is 19.5 Å². The summed E-state index contributed by atoms with van der Waals surface area (Å²) in [5.74, 6) is -0.287. The Balaban J connectivity index is 2.08. The fourth-order valence-electron chi connectivity index (χ4n) is 3.24. The zero-order valence-electron chi connectivity index (χ0n) is 15.9. The number of methoxy groups -OCH3 is 1. The van der Waals surface area contributed by atoms with Crippen LogP contribution in [0.1, 0.15) is 32.3 Å². The van der Waals surface area contributed by atoms with Gasteiger partial charge >= 0.3 is 0 Å². The van der Waals surface area contributed by atoms with E-state index in [9.17, 15) is 13.2 Å². The van der Waals surface area contributed by atoms with Gasteiger partial charge in [0.15, 0.2) is 0 Å². The maximum Gasteiger partial charge on any atom is 0.227 e. The molecule has 0 saturated carbocycles. The Hall–Kier alpha value is -1.44. The van der Waals surface area contributed by atoms with Crippen LogP contribution in [0.15, 0.2) is 30.3 Å². The Morgan fingerprint density at radius 1 is 1.31 bits per heavy atom. The van der Waals surface area contributed by atoms with Gasteiger partial charge in [0.05, 0.1) is 18.3 Å². The molecule has 1 atom stereocenters. The van der Waals surface area contributed by atoms with Crippen LogP contribution >= 0.6 is 0 Å². The maximum atomic E-state index is 13.1. The predicted octanol–water partition coefficient (Wildman–Crippen LogP) is 2.11. The van der Waals surface area contributed by atoms with Crippen LogP contribution in [0.25, 0.3) is 0 Å². The molecule has 0 bridgehead atoms. The lowest BCUT2D eigenvalue weighted by Gasteiger charge is -2.36. The van der Waals surface area contributed by atoms with E-state index in [1.165, 1.54) is 11.4 Å². The summed E-state index contributed by atoms with van der Waals surface area (Å²) < 4.78 is 31.2. The average Bonchev–Trinajstić information content (AvgIpc) is 2.64. The first-order valence-corrected chi connectivity index (χ1v) is 10.8. The molecule has 1 heterocycles. The third-order valence-corrected chi connectivity index (χ3v) is 6.58. The van der Waals surface area contributed by atoms with Crippen molar-refractivity contribution in [1.29, 1.82) is 0 Å². The van der Waals surface area contributed by atoms with Crippen LogP contribution in [-0.4, -0.2) is 62.1 Å². The quantitative estimate of drug-likeness (QED) is 0.691. The van der Waals surface area contributed by atoms with Gasteiger partial charge in [-0.05, 0) is 32.3 Å². The monoisotopic (exact) mass is 382 g/mol. The summed E-state index contributed by atoms with van der Waals surface area (Å²) in [5.41, 5.74) is 1.08. The summed E-state index contributed by atoms with van der Waals surface area (Å²) in [4.78, 5) is 15.0. The van der Waals surface area contributed by atoms with Crippen LogP contribution in [-0.2, 0) is 26.1 Å². The molecule has 1 aliphatic rings. The van der Waals surface area contributed by atoms with E-state index in [4.69, 9.17) is 4.74 Å². The highest BCUT2D eigenvalue weighted by Crippen LogP contribution is 2.23. The van der Waals surface area contributed by atoms with E-state index in [1.54, 1.807) is 0 Å². The lowest BCUT2D eigenvalue weighted by molar-refractivity contribution is -0.139. The molecule has 26 heavy (non-hydrogen) atoms. The first kappa shape index (κ1) is 20.9. The summed E-state index contributed by atoms with van der Waals surface area (Å²) in [7, 11) is -1.89. The van der Waals surface area contributed by atoms with E-state index in [2.05, 4.69) is 0 Å². The number of sulfonamides is 1. The standard InChI is InChI=1S/C19H30N2O4S/c1-16(2)21(14-17-8-5-4-6-9-17)19(22)18-10-7-11-20(15-18)26(23,24)13-12-25-3/h4-6,8-9,16,18H,7,10-15H2,1-3H3. The molecule has 2 rings (SSSR count). The molecule has 0 aliphatic carbocycles. The third kappa shape index (κ3) is 5.53. The zero-order valence-corrected chi connectivity index (χ0v) is 16.7. The molecule has 0 N–H and O–H groups in total. The molecule has 0 aromatic heterocycles. The molecule has 0 radical (unpaired) electrons. The van der Waals surface area contributed by atoms with Gasteiger partial charge < -0.3 is 9.64 Å². The molecule has 1 aromatic rings. The molecule has 0 spiro atoms. The molecular weight excluding hydrogens is 352 g/mol. The lowest BCUT2D eigenvalue weighted by Crippen LogP contribution is -2.48. The van der Waals surface area contributed by atoms with Crippen molar-refractivity contribution >= 4 is 15.9 Å². The smallest absolute Gasteiger partial charge is 0.227 e. The number of nitrogens with zero attached hydrogens (tertiary/aromatic N) is 2. The van der Waals surface area contributed by atoms with Crippen LogP contribution < -0.4 is 0 Å². The Kier molecular flexibility index (Phi) is 7.61. The van der Waals surface area contributed by atoms with Crippen molar-refractivity contribution in [2.75, 3.05) is 32.6 Å². The van der Waals surface area contributed by atoms with Crippen LogP contribution in [0.5, 0.6) is 0 Å². The van der Waals surface area contributed by atoms with Crippen molar-refractivity contribution in [2.45, 2.75) is 39.3 Å². The van der Waals surface area contributed by atoms with E-state index >= 15 is 0 Å². The molecule has 1 aliphatic heterocycles. The molecule has 1 aromatic carbocycles. The number of ether oxygens (including phenoxy) is 1. The van der Waals surface area contributed by atoms with Crippen molar-refractivity contribution in [2.24, 2.45) is 5.92 Å². The molecule has 1 amide bonds. The first-order valence-electron chi connectivity index (χ1n) is 9.16. The summed E-state index contributed by atoms with van der Waals surface area (Å²) >= 11 is 0. The predicted molar refractivity (Wildman–Crippen MR) is 102 cm³/mol. The maximum absolute atomic E-state index is 13.1. The molecular formula is C19H30N2O4S. The number of carbonyl (C=O) groups excluding carboxylic acids is 1. The normalized spacial score (nSPS) is 18.8. The fraction of sp³-hybridized carbons (Fsp3) is 0.632. The lowest BCUT2D eigenvalue weighted by atomic mass is 9.97. The van der Waals surface area contributed by atoms with Crippen molar-refractivity contribution in [3.63, 3.8) is 0 Å². The largest absolute Gasteiger partial charge is 0.384 e. The van der Waals surface area contributed by atoms with Crippen LogP contribution in [0, 0.1) is 5.92 Å². The van der Waals surface area contributed by atoms with E-state index in [1.807, 2.05) is 49.1 Å². The zero-order chi connectivity index (χ0) is 19.2. The van der Waals surface area contributed by atoms with Crippen LogP contribution in [0.2, 0.25) is 0 Å². The van der Waals surface area contributed by atoms with Gasteiger partial charge in [-0.3, -0.25) is 4.79 Å². The number of amides is 1. The van der Waals surface area contributed by atoms with Crippen molar-refractivity contribution < 1.29 is 17.9 Å². The highest BCUT2D eigenvalue weighted by Gasteiger charge is 2.34. The summed E-state index contributed by atoms with van der Waals surface area (Å²) in [6.45, 7) is 5.46. The summed E-state index contributed by atoms with van der Waals surface area (Å²) in [6.07, 6.45) is 1.44. The minimum atomic E-state index is -3.38. The van der Waals surface area contributed by atoms with Gasteiger partial charge in [-0.25, -0.2) is 12.7 Å². The van der Waals surface area contributed by atoms with Gasteiger partial charge in [-0.1, -0.05) is 30.3 Å². The van der Waals surface area contributed by atoms with Gasteiger partial charge in [0, 0.05) is 32.8 Å². The Morgan fingerprint density at radius 3 is 2.62 bits per heavy atom. The van der Waals surface area contributed by atoms with Gasteiger partial charge in [0.25, 0.3) is 0 Å². The summed E-state index contributed by atoms with van der Waals surface area (Å²) in [5, 5.41) is 0. The molecule has 1 saturated heterocycles. The minimum absolute atomic E-state index is 0.0375. The SMILES string of the molecule is COCCS(=O)(=O)N1CCCC(C(=O)N(Cc2ccccc2)C(C)C)C1. The fourth-order valence-corrected chi connectivity index (χ4v) is 4.69. The number of piperidine rings is 1. The molecule has 6 nitrogen and oxygen atoms in total. The van der Waals surface area contributed by atoms with E-state index in [0.717, 1.165) is 12.0 Å². The van der Waals surface area contributed by atoms with Crippen molar-refractivity contribution in [3.05, 3.63) is 35.9 Å². The number of carbonyl (C=O) groups is 1. The number of hydrogen-bond acceptors (Lipinski definition) is 4. The number of hydrogen-bond donors (Lipinski definition) is 0. The van der Waals surface area contributed by atoms with E-state index < -0.39 is 10.0 Å². The minimum Gasteiger partial charge on any atom is -0.384 e. The van der Waals surface area contributed by atoms with Crippen molar-refractivity contribution in [1.82, 2.24) is 9.21 Å². The molecule has 1 fully saturated rings. The van der Waals surface area contributed by atoms with Gasteiger partial charge in [0.2, 0.25) is 15.9 Å². The second kappa shape index (κ2) is 9.48. The Bertz CT molecular complexity index is 676.